The molecule has 0 bridgehead atoms. The summed E-state index contributed by atoms with van der Waals surface area (Å²) in [6.07, 6.45) is 0.541. The molecular formula is C10H12N2O2. The molecule has 0 heterocycles. The first-order chi connectivity index (χ1) is 6.74. The Morgan fingerprint density at radius 3 is 2.64 bits per heavy atom. The molecule has 0 aliphatic heterocycles. The van der Waals surface area contributed by atoms with Gasteiger partial charge in [-0.1, -0.05) is 24.3 Å². The van der Waals surface area contributed by atoms with Crippen molar-refractivity contribution < 1.29 is 9.90 Å². The highest BCUT2D eigenvalue weighted by Gasteiger charge is 2.05. The van der Waals surface area contributed by atoms with Crippen LogP contribution < -0.4 is 10.4 Å². The maximum Gasteiger partial charge on any atom is 0.423 e. The van der Waals surface area contributed by atoms with Gasteiger partial charge in [0.2, 0.25) is 0 Å². The summed E-state index contributed by atoms with van der Waals surface area (Å²) in [5.41, 5.74) is 3.06. The number of hydrogen-bond acceptors (Lipinski definition) is 2. The summed E-state index contributed by atoms with van der Waals surface area (Å²) in [6, 6.07) is 9.19. The third-order valence-electron chi connectivity index (χ3n) is 1.61. The predicted molar refractivity (Wildman–Crippen MR) is 55.1 cm³/mol. The Hall–Kier alpha value is -1.97. The van der Waals surface area contributed by atoms with Crippen molar-refractivity contribution in [3.8, 4) is 0 Å². The number of anilines is 1. The maximum atomic E-state index is 10.5. The molecule has 0 unspecified atom stereocenters. The molecular weight excluding hydrogens is 180 g/mol. The Balaban J connectivity index is 2.77. The quantitative estimate of drug-likeness (QED) is 0.565. The van der Waals surface area contributed by atoms with Crippen LogP contribution >= 0.6 is 0 Å². The summed E-state index contributed by atoms with van der Waals surface area (Å²) in [7, 11) is 0. The number of hydrogen-bond donors (Lipinski definition) is 2. The number of hydrazine groups is 1. The van der Waals surface area contributed by atoms with E-state index >= 15 is 0 Å². The van der Waals surface area contributed by atoms with Gasteiger partial charge in [-0.2, -0.15) is 0 Å². The number of para-hydroxylation sites is 1. The van der Waals surface area contributed by atoms with Crippen LogP contribution in [0.3, 0.4) is 0 Å². The minimum absolute atomic E-state index is 0.427. The minimum Gasteiger partial charge on any atom is -0.464 e. The molecule has 0 saturated carbocycles. The van der Waals surface area contributed by atoms with Gasteiger partial charge in [0.1, 0.15) is 0 Å². The van der Waals surface area contributed by atoms with Crippen molar-refractivity contribution in [1.29, 1.82) is 0 Å². The lowest BCUT2D eigenvalue weighted by Gasteiger charge is -2.21. The second kappa shape index (κ2) is 4.91. The number of rotatable bonds is 4. The van der Waals surface area contributed by atoms with Crippen molar-refractivity contribution >= 4 is 11.8 Å². The first-order valence-corrected chi connectivity index (χ1v) is 4.17. The van der Waals surface area contributed by atoms with Crippen LogP contribution in [0.15, 0.2) is 43.0 Å². The first kappa shape index (κ1) is 10.1. The first-order valence-electron chi connectivity index (χ1n) is 4.17. The number of nitrogens with one attached hydrogen (secondary N) is 1. The zero-order valence-corrected chi connectivity index (χ0v) is 7.68. The van der Waals surface area contributed by atoms with Gasteiger partial charge >= 0.3 is 6.09 Å². The molecule has 0 radical (unpaired) electrons. The fourth-order valence-electron chi connectivity index (χ4n) is 1.07. The number of benzene rings is 1. The molecule has 0 aliphatic carbocycles. The lowest BCUT2D eigenvalue weighted by atomic mass is 10.3. The van der Waals surface area contributed by atoms with Gasteiger partial charge in [-0.05, 0) is 12.1 Å². The van der Waals surface area contributed by atoms with E-state index in [1.165, 1.54) is 5.01 Å². The molecule has 4 nitrogen and oxygen atoms in total. The van der Waals surface area contributed by atoms with E-state index in [0.717, 1.165) is 5.69 Å². The van der Waals surface area contributed by atoms with Crippen LogP contribution in [0.1, 0.15) is 0 Å². The van der Waals surface area contributed by atoms with Crippen molar-refractivity contribution in [1.82, 2.24) is 5.43 Å². The molecule has 2 N–H and O–H groups in total. The topological polar surface area (TPSA) is 52.6 Å². The summed E-state index contributed by atoms with van der Waals surface area (Å²) < 4.78 is 0. The van der Waals surface area contributed by atoms with Crippen LogP contribution in [0.2, 0.25) is 0 Å². The summed E-state index contributed by atoms with van der Waals surface area (Å²) in [5, 5.41) is 10.1. The molecule has 1 amide bonds. The minimum atomic E-state index is -1.09. The van der Waals surface area contributed by atoms with Crippen LogP contribution in [-0.2, 0) is 0 Å². The van der Waals surface area contributed by atoms with E-state index in [9.17, 15) is 4.79 Å². The number of carboxylic acid groups (broad SMARTS) is 1. The van der Waals surface area contributed by atoms with E-state index < -0.39 is 6.09 Å². The Morgan fingerprint density at radius 2 is 2.14 bits per heavy atom. The number of amides is 1. The van der Waals surface area contributed by atoms with Gasteiger partial charge in [0.15, 0.2) is 0 Å². The second-order valence-electron chi connectivity index (χ2n) is 2.65. The Labute approximate surface area is 82.4 Å². The van der Waals surface area contributed by atoms with Crippen LogP contribution in [0.25, 0.3) is 0 Å². The van der Waals surface area contributed by atoms with Crippen LogP contribution in [0.5, 0.6) is 0 Å². The molecule has 4 heteroatoms. The highest BCUT2D eigenvalue weighted by atomic mass is 16.4. The monoisotopic (exact) mass is 192 g/mol. The van der Waals surface area contributed by atoms with Gasteiger partial charge in [-0.25, -0.2) is 10.2 Å². The van der Waals surface area contributed by atoms with Gasteiger partial charge in [-0.15, -0.1) is 6.58 Å². The number of nitrogens with zero attached hydrogens (tertiary/aromatic N) is 1. The van der Waals surface area contributed by atoms with Gasteiger partial charge in [-0.3, -0.25) is 5.01 Å². The molecule has 1 aromatic carbocycles. The van der Waals surface area contributed by atoms with Crippen molar-refractivity contribution in [2.45, 2.75) is 0 Å². The third-order valence-corrected chi connectivity index (χ3v) is 1.61. The van der Waals surface area contributed by atoms with Gasteiger partial charge in [0, 0.05) is 0 Å². The smallest absolute Gasteiger partial charge is 0.423 e. The Morgan fingerprint density at radius 1 is 1.50 bits per heavy atom. The normalized spacial score (nSPS) is 9.14. The van der Waals surface area contributed by atoms with Crippen molar-refractivity contribution in [2.75, 3.05) is 11.6 Å². The average Bonchev–Trinajstić information content (AvgIpc) is 2.18. The zero-order valence-electron chi connectivity index (χ0n) is 7.68. The van der Waals surface area contributed by atoms with Crippen LogP contribution in [0.4, 0.5) is 10.5 Å². The standard InChI is InChI=1S/C10H12N2O2/c1-2-8-12(11-10(13)14)9-6-4-3-5-7-9/h2-7,11H,1,8H2,(H,13,14). The van der Waals surface area contributed by atoms with Crippen LogP contribution in [0, 0.1) is 0 Å². The lowest BCUT2D eigenvalue weighted by molar-refractivity contribution is 0.193. The molecule has 0 fully saturated rings. The summed E-state index contributed by atoms with van der Waals surface area (Å²) in [4.78, 5) is 10.5. The Kier molecular flexibility index (Phi) is 3.55. The molecule has 0 aliphatic rings. The van der Waals surface area contributed by atoms with Crippen molar-refractivity contribution in [3.05, 3.63) is 43.0 Å². The lowest BCUT2D eigenvalue weighted by Crippen LogP contribution is -2.41. The molecule has 74 valence electrons. The fraction of sp³-hybridized carbons (Fsp3) is 0.100. The molecule has 14 heavy (non-hydrogen) atoms. The fourth-order valence-corrected chi connectivity index (χ4v) is 1.07. The predicted octanol–water partition coefficient (Wildman–Crippen LogP) is 1.86. The number of carbonyl (C=O) groups is 1. The average molecular weight is 192 g/mol. The summed E-state index contributed by atoms with van der Waals surface area (Å²) in [6.45, 7) is 3.99. The van der Waals surface area contributed by atoms with Crippen molar-refractivity contribution in [3.63, 3.8) is 0 Å². The highest BCUT2D eigenvalue weighted by molar-refractivity contribution is 5.67. The molecule has 0 atom stereocenters. The summed E-state index contributed by atoms with van der Waals surface area (Å²) in [5.74, 6) is 0. The van der Waals surface area contributed by atoms with E-state index in [1.54, 1.807) is 6.08 Å². The second-order valence-corrected chi connectivity index (χ2v) is 2.65. The van der Waals surface area contributed by atoms with E-state index in [-0.39, 0.29) is 0 Å². The Bertz CT molecular complexity index is 311. The SMILES string of the molecule is C=CCN(NC(=O)O)c1ccccc1. The third kappa shape index (κ3) is 2.82. The molecule has 1 rings (SSSR count). The van der Waals surface area contributed by atoms with Gasteiger partial charge < -0.3 is 5.11 Å². The largest absolute Gasteiger partial charge is 0.464 e. The maximum absolute atomic E-state index is 10.5. The zero-order chi connectivity index (χ0) is 10.4. The van der Waals surface area contributed by atoms with E-state index in [4.69, 9.17) is 5.11 Å². The molecule has 1 aromatic rings. The highest BCUT2D eigenvalue weighted by Crippen LogP contribution is 2.10. The van der Waals surface area contributed by atoms with Crippen LogP contribution in [-0.4, -0.2) is 17.7 Å². The van der Waals surface area contributed by atoms with Crippen molar-refractivity contribution in [2.24, 2.45) is 0 Å². The summed E-state index contributed by atoms with van der Waals surface area (Å²) >= 11 is 0. The molecule has 0 spiro atoms. The van der Waals surface area contributed by atoms with E-state index in [0.29, 0.717) is 6.54 Å². The van der Waals surface area contributed by atoms with Gasteiger partial charge in [0.05, 0.1) is 12.2 Å². The molecule has 0 saturated heterocycles. The van der Waals surface area contributed by atoms with E-state index in [2.05, 4.69) is 12.0 Å². The van der Waals surface area contributed by atoms with E-state index in [1.807, 2.05) is 30.3 Å². The van der Waals surface area contributed by atoms with Gasteiger partial charge in [0.25, 0.3) is 0 Å². The molecule has 0 aromatic heterocycles.